The van der Waals surface area contributed by atoms with E-state index in [0.717, 1.165) is 37.1 Å². The normalized spacial score (nSPS) is 21.7. The molecule has 2 aromatic rings. The van der Waals surface area contributed by atoms with Gasteiger partial charge in [0.15, 0.2) is 0 Å². The van der Waals surface area contributed by atoms with E-state index in [-0.39, 0.29) is 23.3 Å². The molecule has 2 aliphatic rings. The molecule has 1 N–H and O–H groups in total. The highest BCUT2D eigenvalue weighted by molar-refractivity contribution is 6.11. The summed E-state index contributed by atoms with van der Waals surface area (Å²) in [7, 11) is 0. The van der Waals surface area contributed by atoms with E-state index in [1.54, 1.807) is 9.58 Å². The van der Waals surface area contributed by atoms with Crippen LogP contribution in [-0.4, -0.2) is 39.8 Å². The van der Waals surface area contributed by atoms with Crippen molar-refractivity contribution in [2.24, 2.45) is 0 Å². The summed E-state index contributed by atoms with van der Waals surface area (Å²) in [6, 6.07) is 9.44. The van der Waals surface area contributed by atoms with Gasteiger partial charge >= 0.3 is 0 Å². The second-order valence-corrected chi connectivity index (χ2v) is 11.2. The number of amides is 2. The van der Waals surface area contributed by atoms with Crippen molar-refractivity contribution in [2.75, 3.05) is 11.5 Å². The van der Waals surface area contributed by atoms with Crippen LogP contribution in [0.1, 0.15) is 95.7 Å². The molecule has 0 bridgehead atoms. The molecule has 1 aromatic carbocycles. The van der Waals surface area contributed by atoms with Gasteiger partial charge in [-0.05, 0) is 57.0 Å². The quantitative estimate of drug-likeness (QED) is 0.636. The molecular weight excluding hydrogens is 440 g/mol. The zero-order valence-electron chi connectivity index (χ0n) is 21.9. The van der Waals surface area contributed by atoms with Gasteiger partial charge in [0.1, 0.15) is 17.0 Å². The predicted octanol–water partition coefficient (Wildman–Crippen LogP) is 5.23. The van der Waals surface area contributed by atoms with Crippen molar-refractivity contribution in [1.29, 1.82) is 0 Å². The Bertz CT molecular complexity index is 1050. The lowest BCUT2D eigenvalue weighted by Gasteiger charge is -2.43. The molecule has 2 amide bonds. The number of ether oxygens (including phenoxy) is 1. The molecule has 35 heavy (non-hydrogen) atoms. The number of rotatable bonds is 5. The van der Waals surface area contributed by atoms with Crippen LogP contribution in [0.4, 0.5) is 5.69 Å². The Hall–Kier alpha value is -2.83. The first kappa shape index (κ1) is 25.3. The highest BCUT2D eigenvalue weighted by Crippen LogP contribution is 2.35. The summed E-state index contributed by atoms with van der Waals surface area (Å²) in [5, 5.41) is 8.08. The maximum absolute atomic E-state index is 13.9. The zero-order chi connectivity index (χ0) is 25.2. The smallest absolute Gasteiger partial charge is 0.277 e. The van der Waals surface area contributed by atoms with Crippen molar-refractivity contribution < 1.29 is 14.3 Å². The van der Waals surface area contributed by atoms with E-state index in [1.165, 1.54) is 19.3 Å². The number of aromatic nitrogens is 2. The van der Waals surface area contributed by atoms with Crippen LogP contribution in [0.2, 0.25) is 0 Å². The first-order chi connectivity index (χ1) is 16.6. The third-order valence-electron chi connectivity index (χ3n) is 7.26. The fourth-order valence-corrected chi connectivity index (χ4v) is 5.15. The predicted molar refractivity (Wildman–Crippen MR) is 138 cm³/mol. The molecule has 7 heteroatoms. The first-order valence-corrected chi connectivity index (χ1v) is 13.1. The summed E-state index contributed by atoms with van der Waals surface area (Å²) < 4.78 is 7.33. The molecule has 2 heterocycles. The van der Waals surface area contributed by atoms with Crippen molar-refractivity contribution in [3.8, 4) is 5.75 Å². The van der Waals surface area contributed by atoms with Crippen LogP contribution in [0, 0.1) is 0 Å². The van der Waals surface area contributed by atoms with Gasteiger partial charge in [0.25, 0.3) is 5.91 Å². The Balaban J connectivity index is 1.71. The molecule has 1 aliphatic heterocycles. The molecule has 4 rings (SSSR count). The topological polar surface area (TPSA) is 76.5 Å². The molecule has 7 nitrogen and oxygen atoms in total. The highest BCUT2D eigenvalue weighted by Gasteiger charge is 2.49. The van der Waals surface area contributed by atoms with E-state index in [0.29, 0.717) is 24.5 Å². The number of fused-ring (bicyclic) bond motifs is 1. The molecule has 1 fully saturated rings. The Morgan fingerprint density at radius 1 is 1.11 bits per heavy atom. The Labute approximate surface area is 209 Å². The fourth-order valence-electron chi connectivity index (χ4n) is 5.15. The number of carbonyl (C=O) groups excluding carboxylic acids is 2. The SMILES string of the molecule is CCOc1ccc(N2C(=O)c3cc(C(C)(C)C)nn3C[C@@]2(C)C(=O)NC2CCCCCCC2)cc1. The molecule has 1 saturated carbocycles. The van der Waals surface area contributed by atoms with Gasteiger partial charge in [0.2, 0.25) is 5.91 Å². The van der Waals surface area contributed by atoms with E-state index < -0.39 is 5.54 Å². The number of benzene rings is 1. The average molecular weight is 481 g/mol. The number of anilines is 1. The lowest BCUT2D eigenvalue weighted by Crippen LogP contribution is -2.65. The van der Waals surface area contributed by atoms with Crippen LogP contribution >= 0.6 is 0 Å². The molecule has 0 radical (unpaired) electrons. The van der Waals surface area contributed by atoms with Crippen LogP contribution in [0.25, 0.3) is 0 Å². The summed E-state index contributed by atoms with van der Waals surface area (Å²) in [5.74, 6) is 0.406. The summed E-state index contributed by atoms with van der Waals surface area (Å²) in [5.41, 5.74) is 0.725. The van der Waals surface area contributed by atoms with E-state index in [2.05, 4.69) is 26.1 Å². The van der Waals surface area contributed by atoms with Gasteiger partial charge in [-0.2, -0.15) is 5.10 Å². The number of nitrogens with zero attached hydrogens (tertiary/aromatic N) is 3. The largest absolute Gasteiger partial charge is 0.494 e. The van der Waals surface area contributed by atoms with Crippen LogP contribution in [0.3, 0.4) is 0 Å². The van der Waals surface area contributed by atoms with Crippen molar-refractivity contribution in [2.45, 2.75) is 103 Å². The molecular formula is C28H40N4O3. The van der Waals surface area contributed by atoms with Crippen LogP contribution in [0.5, 0.6) is 5.75 Å². The molecule has 0 unspecified atom stereocenters. The highest BCUT2D eigenvalue weighted by atomic mass is 16.5. The summed E-state index contributed by atoms with van der Waals surface area (Å²) in [4.78, 5) is 29.5. The molecule has 0 saturated heterocycles. The van der Waals surface area contributed by atoms with E-state index in [4.69, 9.17) is 9.84 Å². The molecule has 0 spiro atoms. The van der Waals surface area contributed by atoms with Gasteiger partial charge < -0.3 is 10.1 Å². The minimum atomic E-state index is -1.11. The maximum atomic E-state index is 13.9. The van der Waals surface area contributed by atoms with Gasteiger partial charge in [-0.1, -0.05) is 52.9 Å². The third-order valence-corrected chi connectivity index (χ3v) is 7.26. The van der Waals surface area contributed by atoms with Gasteiger partial charge in [-0.25, -0.2) is 0 Å². The van der Waals surface area contributed by atoms with Crippen molar-refractivity contribution in [3.05, 3.63) is 41.7 Å². The Morgan fingerprint density at radius 2 is 1.74 bits per heavy atom. The molecule has 1 aliphatic carbocycles. The van der Waals surface area contributed by atoms with E-state index in [1.807, 2.05) is 44.2 Å². The summed E-state index contributed by atoms with van der Waals surface area (Å²) in [6.07, 6.45) is 7.93. The van der Waals surface area contributed by atoms with Gasteiger partial charge in [-0.15, -0.1) is 0 Å². The van der Waals surface area contributed by atoms with E-state index in [9.17, 15) is 9.59 Å². The van der Waals surface area contributed by atoms with Gasteiger partial charge in [0.05, 0.1) is 18.8 Å². The minimum absolute atomic E-state index is 0.122. The van der Waals surface area contributed by atoms with Crippen LogP contribution in [-0.2, 0) is 16.8 Å². The molecule has 1 atom stereocenters. The van der Waals surface area contributed by atoms with Gasteiger partial charge in [-0.3, -0.25) is 19.2 Å². The lowest BCUT2D eigenvalue weighted by atomic mass is 9.90. The number of hydrogen-bond acceptors (Lipinski definition) is 4. The summed E-state index contributed by atoms with van der Waals surface area (Å²) in [6.45, 7) is 10.9. The second-order valence-electron chi connectivity index (χ2n) is 11.2. The van der Waals surface area contributed by atoms with Gasteiger partial charge in [0, 0.05) is 17.1 Å². The number of carbonyl (C=O) groups is 2. The average Bonchev–Trinajstić information content (AvgIpc) is 3.21. The fraction of sp³-hybridized carbons (Fsp3) is 0.607. The second kappa shape index (κ2) is 10.0. The lowest BCUT2D eigenvalue weighted by molar-refractivity contribution is -0.127. The van der Waals surface area contributed by atoms with Crippen molar-refractivity contribution in [3.63, 3.8) is 0 Å². The number of hydrogen-bond donors (Lipinski definition) is 1. The van der Waals surface area contributed by atoms with Crippen LogP contribution < -0.4 is 15.0 Å². The Morgan fingerprint density at radius 3 is 2.34 bits per heavy atom. The first-order valence-electron chi connectivity index (χ1n) is 13.1. The third kappa shape index (κ3) is 5.24. The zero-order valence-corrected chi connectivity index (χ0v) is 21.9. The number of nitrogens with one attached hydrogen (secondary N) is 1. The van der Waals surface area contributed by atoms with Crippen LogP contribution in [0.15, 0.2) is 30.3 Å². The van der Waals surface area contributed by atoms with Crippen molar-refractivity contribution in [1.82, 2.24) is 15.1 Å². The van der Waals surface area contributed by atoms with Crippen molar-refractivity contribution >= 4 is 17.5 Å². The maximum Gasteiger partial charge on any atom is 0.277 e. The summed E-state index contributed by atoms with van der Waals surface area (Å²) >= 11 is 0. The molecule has 1 aromatic heterocycles. The standard InChI is InChI=1S/C28H40N4O3/c1-6-35-22-16-14-21(15-17-22)32-25(33)23-18-24(27(2,3)4)30-31(23)19-28(32,5)26(34)29-20-12-10-8-7-9-11-13-20/h14-18,20H,6-13,19H2,1-5H3,(H,29,34)/t28-/m0/s1. The molecule has 190 valence electrons. The monoisotopic (exact) mass is 480 g/mol. The Kier molecular flexibility index (Phi) is 7.25. The van der Waals surface area contributed by atoms with E-state index >= 15 is 0 Å². The minimum Gasteiger partial charge on any atom is -0.494 e.